The smallest absolute Gasteiger partial charge is 0.258 e. The van der Waals surface area contributed by atoms with E-state index in [1.54, 1.807) is 10.9 Å². The summed E-state index contributed by atoms with van der Waals surface area (Å²) >= 11 is 0. The first kappa shape index (κ1) is 22.0. The van der Waals surface area contributed by atoms with E-state index in [0.717, 1.165) is 19.4 Å². The molecule has 0 saturated carbocycles. The van der Waals surface area contributed by atoms with E-state index >= 15 is 0 Å². The van der Waals surface area contributed by atoms with Gasteiger partial charge in [-0.3, -0.25) is 19.2 Å². The number of benzene rings is 1. The predicted molar refractivity (Wildman–Crippen MR) is 115 cm³/mol. The van der Waals surface area contributed by atoms with Gasteiger partial charge in [0, 0.05) is 24.5 Å². The molecule has 8 heteroatoms. The first-order valence-electron chi connectivity index (χ1n) is 10.5. The Kier molecular flexibility index (Phi) is 7.20. The van der Waals surface area contributed by atoms with Crippen LogP contribution in [0.4, 0.5) is 15.8 Å². The van der Waals surface area contributed by atoms with Crippen molar-refractivity contribution in [3.8, 4) is 0 Å². The summed E-state index contributed by atoms with van der Waals surface area (Å²) < 4.78 is 15.9. The second kappa shape index (κ2) is 9.84. The summed E-state index contributed by atoms with van der Waals surface area (Å²) in [5, 5.41) is 9.53. The number of nitrogens with zero attached hydrogens (tertiary/aromatic N) is 3. The van der Waals surface area contributed by atoms with Crippen molar-refractivity contribution in [1.82, 2.24) is 14.7 Å². The Labute approximate surface area is 176 Å². The van der Waals surface area contributed by atoms with Crippen molar-refractivity contribution in [3.05, 3.63) is 42.0 Å². The van der Waals surface area contributed by atoms with Crippen molar-refractivity contribution < 1.29 is 14.0 Å². The summed E-state index contributed by atoms with van der Waals surface area (Å²) in [5.41, 5.74) is 0.807. The summed E-state index contributed by atoms with van der Waals surface area (Å²) in [6, 6.07) is 4.54. The fourth-order valence-corrected chi connectivity index (χ4v) is 3.63. The standard InChI is InChI=1S/C22H30FN5O2/c1-15(2)12-28-13-17(11-24-28)22(30)26-20-10-18(7-8-19(20)23)25-21(29)14-27-9-5-4-6-16(27)3/h7-8,10-11,13,15-16H,4-6,9,12,14H2,1-3H3,(H,25,29)(H,26,30). The van der Waals surface area contributed by atoms with Gasteiger partial charge in [0.1, 0.15) is 5.82 Å². The number of halogens is 1. The average molecular weight is 416 g/mol. The molecule has 0 bridgehead atoms. The van der Waals surface area contributed by atoms with Crippen molar-refractivity contribution >= 4 is 23.2 Å². The SMILES string of the molecule is CC(C)Cn1cc(C(=O)Nc2cc(NC(=O)CN3CCCCC3C)ccc2F)cn1. The summed E-state index contributed by atoms with van der Waals surface area (Å²) in [4.78, 5) is 27.0. The first-order valence-corrected chi connectivity index (χ1v) is 10.5. The minimum absolute atomic E-state index is 0.0146. The van der Waals surface area contributed by atoms with Crippen LogP contribution in [-0.4, -0.2) is 45.6 Å². The number of amides is 2. The van der Waals surface area contributed by atoms with Crippen LogP contribution < -0.4 is 10.6 Å². The lowest BCUT2D eigenvalue weighted by atomic mass is 10.0. The molecule has 162 valence electrons. The minimum Gasteiger partial charge on any atom is -0.325 e. The van der Waals surface area contributed by atoms with Gasteiger partial charge in [0.15, 0.2) is 0 Å². The lowest BCUT2D eigenvalue weighted by molar-refractivity contribution is -0.118. The molecule has 1 atom stereocenters. The monoisotopic (exact) mass is 415 g/mol. The van der Waals surface area contributed by atoms with E-state index in [2.05, 4.69) is 41.4 Å². The Hall–Kier alpha value is -2.74. The van der Waals surface area contributed by atoms with Gasteiger partial charge in [0.25, 0.3) is 5.91 Å². The van der Waals surface area contributed by atoms with Crippen LogP contribution in [0.3, 0.4) is 0 Å². The molecule has 1 unspecified atom stereocenters. The van der Waals surface area contributed by atoms with Crippen LogP contribution >= 0.6 is 0 Å². The van der Waals surface area contributed by atoms with Crippen molar-refractivity contribution in [2.45, 2.75) is 52.6 Å². The third-order valence-corrected chi connectivity index (χ3v) is 5.23. The fraction of sp³-hybridized carbons (Fsp3) is 0.500. The number of piperidine rings is 1. The lowest BCUT2D eigenvalue weighted by Gasteiger charge is -2.32. The Bertz CT molecular complexity index is 895. The number of nitrogens with one attached hydrogen (secondary N) is 2. The van der Waals surface area contributed by atoms with Gasteiger partial charge < -0.3 is 10.6 Å². The summed E-state index contributed by atoms with van der Waals surface area (Å²) in [6.07, 6.45) is 6.47. The molecule has 0 radical (unpaired) electrons. The van der Waals surface area contributed by atoms with Gasteiger partial charge in [0.2, 0.25) is 5.91 Å². The quantitative estimate of drug-likeness (QED) is 0.722. The largest absolute Gasteiger partial charge is 0.325 e. The molecule has 30 heavy (non-hydrogen) atoms. The summed E-state index contributed by atoms with van der Waals surface area (Å²) in [6.45, 7) is 8.14. The molecular weight excluding hydrogens is 385 g/mol. The van der Waals surface area contributed by atoms with Gasteiger partial charge in [-0.05, 0) is 50.4 Å². The highest BCUT2D eigenvalue weighted by Gasteiger charge is 2.21. The molecule has 2 amide bonds. The Morgan fingerprint density at radius 1 is 1.27 bits per heavy atom. The van der Waals surface area contributed by atoms with E-state index in [0.29, 0.717) is 36.3 Å². The molecule has 1 saturated heterocycles. The Balaban J connectivity index is 1.62. The van der Waals surface area contributed by atoms with Gasteiger partial charge in [-0.2, -0.15) is 5.10 Å². The van der Waals surface area contributed by atoms with Crippen LogP contribution in [0.25, 0.3) is 0 Å². The molecule has 3 rings (SSSR count). The van der Waals surface area contributed by atoms with Gasteiger partial charge in [0.05, 0.1) is 24.0 Å². The van der Waals surface area contributed by atoms with Crippen molar-refractivity contribution in [2.75, 3.05) is 23.7 Å². The van der Waals surface area contributed by atoms with Crippen LogP contribution in [0.5, 0.6) is 0 Å². The molecule has 7 nitrogen and oxygen atoms in total. The molecule has 2 aromatic rings. The molecule has 2 N–H and O–H groups in total. The molecule has 1 aliphatic heterocycles. The van der Waals surface area contributed by atoms with E-state index in [9.17, 15) is 14.0 Å². The second-order valence-corrected chi connectivity index (χ2v) is 8.36. The molecule has 1 aromatic carbocycles. The topological polar surface area (TPSA) is 79.3 Å². The van der Waals surface area contributed by atoms with E-state index in [1.165, 1.54) is 30.8 Å². The normalized spacial score (nSPS) is 17.2. The number of likely N-dealkylation sites (tertiary alicyclic amines) is 1. The fourth-order valence-electron chi connectivity index (χ4n) is 3.63. The first-order chi connectivity index (χ1) is 14.3. The molecular formula is C22H30FN5O2. The summed E-state index contributed by atoms with van der Waals surface area (Å²) in [7, 11) is 0. The molecule has 1 aliphatic rings. The number of carbonyl (C=O) groups excluding carboxylic acids is 2. The van der Waals surface area contributed by atoms with E-state index in [1.807, 2.05) is 0 Å². The highest BCUT2D eigenvalue weighted by molar-refractivity contribution is 6.04. The molecule has 0 aliphatic carbocycles. The highest BCUT2D eigenvalue weighted by Crippen LogP contribution is 2.21. The van der Waals surface area contributed by atoms with Gasteiger partial charge in [-0.1, -0.05) is 20.3 Å². The number of hydrogen-bond donors (Lipinski definition) is 2. The van der Waals surface area contributed by atoms with Crippen LogP contribution in [0.2, 0.25) is 0 Å². The Morgan fingerprint density at radius 3 is 2.80 bits per heavy atom. The highest BCUT2D eigenvalue weighted by atomic mass is 19.1. The third-order valence-electron chi connectivity index (χ3n) is 5.23. The summed E-state index contributed by atoms with van der Waals surface area (Å²) in [5.74, 6) is -0.774. The predicted octanol–water partition coefficient (Wildman–Crippen LogP) is 3.74. The van der Waals surface area contributed by atoms with E-state index in [4.69, 9.17) is 0 Å². The van der Waals surface area contributed by atoms with Crippen molar-refractivity contribution in [2.24, 2.45) is 5.92 Å². The lowest BCUT2D eigenvalue weighted by Crippen LogP contribution is -2.42. The van der Waals surface area contributed by atoms with Crippen molar-refractivity contribution in [3.63, 3.8) is 0 Å². The maximum atomic E-state index is 14.2. The maximum absolute atomic E-state index is 14.2. The molecule has 1 fully saturated rings. The second-order valence-electron chi connectivity index (χ2n) is 8.36. The molecule has 1 aromatic heterocycles. The zero-order valence-corrected chi connectivity index (χ0v) is 17.8. The molecule has 0 spiro atoms. The van der Waals surface area contributed by atoms with Gasteiger partial charge in [-0.25, -0.2) is 4.39 Å². The Morgan fingerprint density at radius 2 is 2.07 bits per heavy atom. The van der Waals surface area contributed by atoms with E-state index < -0.39 is 11.7 Å². The minimum atomic E-state index is -0.569. The van der Waals surface area contributed by atoms with Crippen LogP contribution in [0.1, 0.15) is 50.4 Å². The zero-order chi connectivity index (χ0) is 21.7. The van der Waals surface area contributed by atoms with Gasteiger partial charge >= 0.3 is 0 Å². The van der Waals surface area contributed by atoms with Crippen LogP contribution in [0, 0.1) is 11.7 Å². The number of hydrogen-bond acceptors (Lipinski definition) is 4. The maximum Gasteiger partial charge on any atom is 0.258 e. The zero-order valence-electron chi connectivity index (χ0n) is 17.8. The van der Waals surface area contributed by atoms with E-state index in [-0.39, 0.29) is 11.6 Å². The van der Waals surface area contributed by atoms with Crippen molar-refractivity contribution in [1.29, 1.82) is 0 Å². The van der Waals surface area contributed by atoms with Crippen LogP contribution in [-0.2, 0) is 11.3 Å². The van der Waals surface area contributed by atoms with Crippen LogP contribution in [0.15, 0.2) is 30.6 Å². The third kappa shape index (κ3) is 5.89. The number of carbonyl (C=O) groups is 2. The van der Waals surface area contributed by atoms with Gasteiger partial charge in [-0.15, -0.1) is 0 Å². The number of aromatic nitrogens is 2. The molecule has 2 heterocycles. The average Bonchev–Trinajstić information content (AvgIpc) is 3.14. The number of anilines is 2. The number of rotatable bonds is 7.